The molecule has 150 valence electrons. The highest BCUT2D eigenvalue weighted by atomic mass is 16.3. The van der Waals surface area contributed by atoms with Gasteiger partial charge in [0.05, 0.1) is 17.3 Å². The number of hydrazine groups is 1. The topological polar surface area (TPSA) is 144 Å². The van der Waals surface area contributed by atoms with Gasteiger partial charge in [-0.05, 0) is 24.3 Å². The van der Waals surface area contributed by atoms with Crippen LogP contribution in [-0.2, 0) is 11.3 Å². The third kappa shape index (κ3) is 3.71. The Morgan fingerprint density at radius 2 is 1.73 bits per heavy atom. The van der Waals surface area contributed by atoms with Gasteiger partial charge in [0.1, 0.15) is 12.1 Å². The molecule has 30 heavy (non-hydrogen) atoms. The molecule has 4 aromatic rings. The number of rotatable bonds is 4. The summed E-state index contributed by atoms with van der Waals surface area (Å²) in [4.78, 5) is 36.7. The maximum Gasteiger partial charge on any atom is 0.294 e. The molecule has 11 nitrogen and oxygen atoms in total. The summed E-state index contributed by atoms with van der Waals surface area (Å²) < 4.78 is 2.21. The van der Waals surface area contributed by atoms with Gasteiger partial charge in [-0.1, -0.05) is 35.5 Å². The van der Waals surface area contributed by atoms with Crippen molar-refractivity contribution in [3.63, 3.8) is 0 Å². The number of nitrogens with zero attached hydrogens (tertiary/aromatic N) is 5. The Hall–Kier alpha value is -4.54. The number of aromatic nitrogens is 5. The van der Waals surface area contributed by atoms with Crippen molar-refractivity contribution >= 4 is 22.7 Å². The zero-order valence-corrected chi connectivity index (χ0v) is 15.4. The summed E-state index contributed by atoms with van der Waals surface area (Å²) in [5, 5.41) is 21.9. The number of hydrogen-bond donors (Lipinski definition) is 3. The average molecular weight is 405 g/mol. The van der Waals surface area contributed by atoms with E-state index in [0.29, 0.717) is 16.6 Å². The summed E-state index contributed by atoms with van der Waals surface area (Å²) in [7, 11) is 0. The molecule has 2 aromatic heterocycles. The predicted molar refractivity (Wildman–Crippen MR) is 105 cm³/mol. The maximum atomic E-state index is 12.4. The molecular weight excluding hydrogens is 390 g/mol. The van der Waals surface area contributed by atoms with E-state index in [0.717, 1.165) is 4.68 Å². The highest BCUT2D eigenvalue weighted by Crippen LogP contribution is 2.17. The van der Waals surface area contributed by atoms with E-state index in [2.05, 4.69) is 26.3 Å². The van der Waals surface area contributed by atoms with E-state index in [1.807, 2.05) is 6.07 Å². The summed E-state index contributed by atoms with van der Waals surface area (Å²) in [6.45, 7) is -0.457. The molecule has 0 fully saturated rings. The van der Waals surface area contributed by atoms with Crippen molar-refractivity contribution in [1.82, 2.24) is 35.6 Å². The molecular formula is C19H15N7O4. The normalized spacial score (nSPS) is 10.7. The van der Waals surface area contributed by atoms with Crippen LogP contribution in [0.5, 0.6) is 5.75 Å². The lowest BCUT2D eigenvalue weighted by molar-refractivity contribution is -0.122. The maximum absolute atomic E-state index is 12.4. The van der Waals surface area contributed by atoms with Gasteiger partial charge in [0.2, 0.25) is 0 Å². The fraction of sp³-hybridized carbons (Fsp3) is 0.0526. The first kappa shape index (κ1) is 18.8. The van der Waals surface area contributed by atoms with Crippen LogP contribution in [0.15, 0.2) is 65.6 Å². The summed E-state index contributed by atoms with van der Waals surface area (Å²) in [6, 6.07) is 15.5. The van der Waals surface area contributed by atoms with Gasteiger partial charge in [0.25, 0.3) is 17.4 Å². The monoisotopic (exact) mass is 405 g/mol. The number of hydrogen-bond acceptors (Lipinski definition) is 7. The van der Waals surface area contributed by atoms with Crippen LogP contribution < -0.4 is 16.4 Å². The summed E-state index contributed by atoms with van der Waals surface area (Å²) in [5.74, 6) is -1.90. The smallest absolute Gasteiger partial charge is 0.294 e. The van der Waals surface area contributed by atoms with Crippen molar-refractivity contribution in [3.8, 4) is 11.4 Å². The quantitative estimate of drug-likeness (QED) is 0.410. The highest BCUT2D eigenvalue weighted by molar-refractivity contribution is 5.95. The van der Waals surface area contributed by atoms with Crippen LogP contribution in [0.1, 0.15) is 10.5 Å². The molecule has 0 saturated carbocycles. The lowest BCUT2D eigenvalue weighted by atomic mass is 10.2. The first-order valence-electron chi connectivity index (χ1n) is 8.79. The van der Waals surface area contributed by atoms with E-state index in [1.165, 1.54) is 10.9 Å². The summed E-state index contributed by atoms with van der Waals surface area (Å²) in [6.07, 6.45) is 1.27. The third-order valence-corrected chi connectivity index (χ3v) is 4.17. The van der Waals surface area contributed by atoms with Crippen molar-refractivity contribution in [2.24, 2.45) is 0 Å². The van der Waals surface area contributed by atoms with Crippen LogP contribution in [0.4, 0.5) is 0 Å². The average Bonchev–Trinajstić information content (AvgIpc) is 3.16. The Labute approximate surface area is 168 Å². The molecule has 0 spiro atoms. The summed E-state index contributed by atoms with van der Waals surface area (Å²) >= 11 is 0. The van der Waals surface area contributed by atoms with Gasteiger partial charge >= 0.3 is 0 Å². The molecule has 0 radical (unpaired) electrons. The minimum Gasteiger partial charge on any atom is -0.504 e. The number of carbonyl (C=O) groups excluding carboxylic acids is 2. The molecule has 0 saturated heterocycles. The van der Waals surface area contributed by atoms with Gasteiger partial charge in [-0.25, -0.2) is 9.36 Å². The van der Waals surface area contributed by atoms with Crippen LogP contribution in [-0.4, -0.2) is 41.7 Å². The highest BCUT2D eigenvalue weighted by Gasteiger charge is 2.18. The molecule has 11 heteroatoms. The van der Waals surface area contributed by atoms with E-state index in [9.17, 15) is 19.5 Å². The number of aromatic hydroxyl groups is 1. The van der Waals surface area contributed by atoms with Crippen molar-refractivity contribution < 1.29 is 14.7 Å². The van der Waals surface area contributed by atoms with Crippen molar-refractivity contribution in [1.29, 1.82) is 0 Å². The first-order chi connectivity index (χ1) is 14.5. The molecule has 0 aliphatic rings. The van der Waals surface area contributed by atoms with E-state index in [-0.39, 0.29) is 11.4 Å². The molecule has 4 rings (SSSR count). The van der Waals surface area contributed by atoms with Gasteiger partial charge in [0, 0.05) is 0 Å². The van der Waals surface area contributed by atoms with E-state index in [4.69, 9.17) is 0 Å². The number of nitrogens with one attached hydrogen (secondary N) is 2. The van der Waals surface area contributed by atoms with Crippen LogP contribution in [0.3, 0.4) is 0 Å². The molecule has 0 bridgehead atoms. The largest absolute Gasteiger partial charge is 0.504 e. The Morgan fingerprint density at radius 3 is 2.53 bits per heavy atom. The number of para-hydroxylation sites is 1. The lowest BCUT2D eigenvalue weighted by Crippen LogP contribution is -2.44. The molecule has 2 amide bonds. The minimum atomic E-state index is -0.826. The predicted octanol–water partition coefficient (Wildman–Crippen LogP) is 0.144. The molecule has 0 unspecified atom stereocenters. The van der Waals surface area contributed by atoms with Gasteiger partial charge in [-0.3, -0.25) is 25.2 Å². The van der Waals surface area contributed by atoms with Crippen LogP contribution in [0.2, 0.25) is 0 Å². The van der Waals surface area contributed by atoms with E-state index < -0.39 is 23.9 Å². The SMILES string of the molecule is O=C(Cn1nnc2ccccc2c1=O)NNC(=O)c1nn(-c2ccccc2)cc1O. The number of benzene rings is 2. The Morgan fingerprint density at radius 1 is 1.00 bits per heavy atom. The fourth-order valence-corrected chi connectivity index (χ4v) is 2.73. The molecule has 2 heterocycles. The van der Waals surface area contributed by atoms with Crippen LogP contribution in [0.25, 0.3) is 16.6 Å². The van der Waals surface area contributed by atoms with Crippen LogP contribution >= 0.6 is 0 Å². The Kier molecular flexibility index (Phi) is 4.91. The van der Waals surface area contributed by atoms with E-state index in [1.54, 1.807) is 48.5 Å². The van der Waals surface area contributed by atoms with Gasteiger partial charge < -0.3 is 5.11 Å². The summed E-state index contributed by atoms with van der Waals surface area (Å²) in [5.41, 5.74) is 4.59. The third-order valence-electron chi connectivity index (χ3n) is 4.17. The van der Waals surface area contributed by atoms with Gasteiger partial charge in [-0.15, -0.1) is 5.10 Å². The molecule has 0 aliphatic heterocycles. The first-order valence-corrected chi connectivity index (χ1v) is 8.79. The molecule has 3 N–H and O–H groups in total. The second kappa shape index (κ2) is 7.83. The fourth-order valence-electron chi connectivity index (χ4n) is 2.73. The van der Waals surface area contributed by atoms with Crippen LogP contribution in [0, 0.1) is 0 Å². The Bertz CT molecular complexity index is 1300. The van der Waals surface area contributed by atoms with Crippen molar-refractivity contribution in [2.75, 3.05) is 0 Å². The van der Waals surface area contributed by atoms with Crippen molar-refractivity contribution in [2.45, 2.75) is 6.54 Å². The van der Waals surface area contributed by atoms with Gasteiger partial charge in [0.15, 0.2) is 11.4 Å². The molecule has 0 aliphatic carbocycles. The zero-order valence-electron chi connectivity index (χ0n) is 15.4. The molecule has 0 atom stereocenters. The zero-order chi connectivity index (χ0) is 21.1. The second-order valence-corrected chi connectivity index (χ2v) is 6.21. The molecule has 2 aromatic carbocycles. The second-order valence-electron chi connectivity index (χ2n) is 6.21. The number of amides is 2. The van der Waals surface area contributed by atoms with E-state index >= 15 is 0 Å². The number of fused-ring (bicyclic) bond motifs is 1. The standard InChI is InChI=1S/C19H15N7O4/c27-15-10-25(12-6-2-1-3-7-12)23-17(15)18(29)22-21-16(28)11-26-19(30)13-8-4-5-9-14(13)20-24-26/h1-10,27H,11H2,(H,21,28)(H,22,29). The van der Waals surface area contributed by atoms with Crippen molar-refractivity contribution in [3.05, 3.63) is 76.8 Å². The number of carbonyl (C=O) groups is 2. The van der Waals surface area contributed by atoms with Gasteiger partial charge in [-0.2, -0.15) is 5.10 Å². The Balaban J connectivity index is 1.42. The lowest BCUT2D eigenvalue weighted by Gasteiger charge is -2.07. The minimum absolute atomic E-state index is 0.276.